The van der Waals surface area contributed by atoms with Crippen LogP contribution in [0.3, 0.4) is 0 Å². The maximum absolute atomic E-state index is 12.1. The highest BCUT2D eigenvalue weighted by atomic mass is 16.3. The van der Waals surface area contributed by atoms with E-state index in [9.17, 15) is 9.90 Å². The van der Waals surface area contributed by atoms with Crippen LogP contribution in [0.5, 0.6) is 5.75 Å². The Morgan fingerprint density at radius 1 is 1.41 bits per heavy atom. The van der Waals surface area contributed by atoms with E-state index in [1.54, 1.807) is 6.92 Å². The summed E-state index contributed by atoms with van der Waals surface area (Å²) in [5.74, 6) is 1.46. The lowest BCUT2D eigenvalue weighted by Gasteiger charge is -2.65. The predicted octanol–water partition coefficient (Wildman–Crippen LogP) is 2.89. The Kier molecular flexibility index (Phi) is 2.96. The first-order valence-corrected chi connectivity index (χ1v) is 8.52. The number of piperidine rings is 2. The zero-order valence-electron chi connectivity index (χ0n) is 13.7. The van der Waals surface area contributed by atoms with Gasteiger partial charge in [-0.2, -0.15) is 0 Å². The Labute approximate surface area is 132 Å². The molecule has 22 heavy (non-hydrogen) atoms. The van der Waals surface area contributed by atoms with Crippen molar-refractivity contribution < 1.29 is 9.90 Å². The van der Waals surface area contributed by atoms with Crippen LogP contribution >= 0.6 is 0 Å². The third-order valence-corrected chi connectivity index (χ3v) is 6.98. The first-order valence-electron chi connectivity index (χ1n) is 8.52. The second-order valence-corrected chi connectivity index (χ2v) is 7.62. The van der Waals surface area contributed by atoms with Gasteiger partial charge in [-0.15, -0.1) is 0 Å². The summed E-state index contributed by atoms with van der Waals surface area (Å²) in [6.45, 7) is 4.03. The monoisotopic (exact) mass is 299 g/mol. The van der Waals surface area contributed by atoms with Gasteiger partial charge in [0.25, 0.3) is 0 Å². The quantitative estimate of drug-likeness (QED) is 0.913. The van der Waals surface area contributed by atoms with E-state index >= 15 is 0 Å². The summed E-state index contributed by atoms with van der Waals surface area (Å²) >= 11 is 0. The second kappa shape index (κ2) is 4.58. The average Bonchev–Trinajstić information content (AvgIpc) is 2.51. The summed E-state index contributed by atoms with van der Waals surface area (Å²) in [5, 5.41) is 9.99. The molecule has 2 saturated heterocycles. The molecule has 1 N–H and O–H groups in total. The molecule has 0 amide bonds. The highest BCUT2D eigenvalue weighted by Crippen LogP contribution is 2.59. The van der Waals surface area contributed by atoms with Gasteiger partial charge in [-0.3, -0.25) is 9.69 Å². The number of ketones is 1. The zero-order chi connectivity index (χ0) is 15.6. The molecule has 3 fully saturated rings. The molecule has 4 aliphatic rings. The minimum atomic E-state index is 0.153. The minimum Gasteiger partial charge on any atom is -0.508 e. The van der Waals surface area contributed by atoms with Gasteiger partial charge in [0.2, 0.25) is 0 Å². The number of nitrogens with zero attached hydrogens (tertiary/aromatic N) is 1. The van der Waals surface area contributed by atoms with Crippen molar-refractivity contribution in [2.45, 2.75) is 57.0 Å². The molecule has 1 saturated carbocycles. The molecular weight excluding hydrogens is 274 g/mol. The molecule has 0 aromatic heterocycles. The normalized spacial score (nSPS) is 39.6. The second-order valence-electron chi connectivity index (χ2n) is 7.62. The number of hydrogen-bond acceptors (Lipinski definition) is 3. The maximum Gasteiger partial charge on any atom is 0.134 e. The van der Waals surface area contributed by atoms with Crippen LogP contribution in [-0.4, -0.2) is 34.9 Å². The Hall–Kier alpha value is -1.35. The summed E-state index contributed by atoms with van der Waals surface area (Å²) in [5.41, 5.74) is 2.91. The van der Waals surface area contributed by atoms with Gasteiger partial charge >= 0.3 is 0 Å². The summed E-state index contributed by atoms with van der Waals surface area (Å²) < 4.78 is 0. The Bertz CT molecular complexity index is 640. The number of carbonyl (C=O) groups is 1. The van der Waals surface area contributed by atoms with Crippen molar-refractivity contribution in [1.82, 2.24) is 4.90 Å². The highest BCUT2D eigenvalue weighted by molar-refractivity contribution is 5.79. The summed E-state index contributed by atoms with van der Waals surface area (Å²) in [4.78, 5) is 14.6. The average molecular weight is 299 g/mol. The lowest BCUT2D eigenvalue weighted by Crippen LogP contribution is -2.69. The van der Waals surface area contributed by atoms with Gasteiger partial charge in [0.05, 0.1) is 0 Å². The van der Waals surface area contributed by atoms with Gasteiger partial charge in [0, 0.05) is 23.4 Å². The molecule has 1 aromatic rings. The van der Waals surface area contributed by atoms with Crippen molar-refractivity contribution in [3.63, 3.8) is 0 Å². The van der Waals surface area contributed by atoms with Crippen molar-refractivity contribution in [2.75, 3.05) is 7.05 Å². The van der Waals surface area contributed by atoms with Crippen LogP contribution in [0.2, 0.25) is 0 Å². The van der Waals surface area contributed by atoms with Crippen molar-refractivity contribution in [3.8, 4) is 5.75 Å². The van der Waals surface area contributed by atoms with E-state index in [0.717, 1.165) is 25.7 Å². The van der Waals surface area contributed by atoms with E-state index in [0.29, 0.717) is 29.5 Å². The lowest BCUT2D eigenvalue weighted by molar-refractivity contribution is -0.139. The number of Topliss-reactive ketones (excluding diaryl/α,β-unsaturated/α-hetero) is 1. The SMILES string of the molecule is CC[C@@]12CC3[C@@H](C(C)=O)CC1C(Cc1ccc(O)cc12)N3C. The Balaban J connectivity index is 1.87. The van der Waals surface area contributed by atoms with Crippen LogP contribution in [0, 0.1) is 11.8 Å². The molecular formula is C19H25NO2. The molecule has 0 spiro atoms. The molecule has 3 heteroatoms. The summed E-state index contributed by atoms with van der Waals surface area (Å²) in [6.07, 6.45) is 4.24. The zero-order valence-corrected chi connectivity index (χ0v) is 13.7. The fourth-order valence-electron chi connectivity index (χ4n) is 5.87. The first-order chi connectivity index (χ1) is 10.5. The molecule has 2 aliphatic heterocycles. The van der Waals surface area contributed by atoms with E-state index in [1.807, 2.05) is 12.1 Å². The molecule has 0 radical (unpaired) electrons. The van der Waals surface area contributed by atoms with Crippen LogP contribution in [0.4, 0.5) is 0 Å². The number of likely N-dealkylation sites (N-methyl/N-ethyl adjacent to an activating group) is 1. The number of phenols is 1. The maximum atomic E-state index is 12.1. The van der Waals surface area contributed by atoms with Crippen molar-refractivity contribution in [1.29, 1.82) is 0 Å². The van der Waals surface area contributed by atoms with Crippen LogP contribution in [-0.2, 0) is 16.6 Å². The number of benzene rings is 1. The minimum absolute atomic E-state index is 0.153. The van der Waals surface area contributed by atoms with Crippen LogP contribution in [0.1, 0.15) is 44.2 Å². The first kappa shape index (κ1) is 14.3. The van der Waals surface area contributed by atoms with Gasteiger partial charge in [0.1, 0.15) is 11.5 Å². The number of fused-ring (bicyclic) bond motifs is 2. The molecule has 2 heterocycles. The van der Waals surface area contributed by atoms with Crippen LogP contribution in [0.25, 0.3) is 0 Å². The molecule has 2 aliphatic carbocycles. The fraction of sp³-hybridized carbons (Fsp3) is 0.632. The standard InChI is InChI=1S/C19H25NO2/c1-4-19-10-18-14(11(2)21)9-16(19)17(20(18)3)7-12-5-6-13(22)8-15(12)19/h5-6,8,14,16-18,22H,4,7,9-10H2,1-3H3/t14-,16?,17?,18?,19+/m1/s1. The van der Waals surface area contributed by atoms with Gasteiger partial charge in [-0.05, 0) is 68.8 Å². The molecule has 3 unspecified atom stereocenters. The van der Waals surface area contributed by atoms with Crippen molar-refractivity contribution in [2.24, 2.45) is 11.8 Å². The van der Waals surface area contributed by atoms with Gasteiger partial charge in [-0.1, -0.05) is 13.0 Å². The Morgan fingerprint density at radius 2 is 2.18 bits per heavy atom. The van der Waals surface area contributed by atoms with E-state index in [2.05, 4.69) is 24.9 Å². The van der Waals surface area contributed by atoms with E-state index in [4.69, 9.17) is 0 Å². The topological polar surface area (TPSA) is 40.5 Å². The number of carbonyl (C=O) groups excluding carboxylic acids is 1. The smallest absolute Gasteiger partial charge is 0.134 e. The van der Waals surface area contributed by atoms with E-state index in [-0.39, 0.29) is 11.3 Å². The van der Waals surface area contributed by atoms with Gasteiger partial charge in [0.15, 0.2) is 0 Å². The Morgan fingerprint density at radius 3 is 2.86 bits per heavy atom. The van der Waals surface area contributed by atoms with Crippen LogP contribution < -0.4 is 0 Å². The molecule has 118 valence electrons. The molecule has 5 atom stereocenters. The molecule has 3 nitrogen and oxygen atoms in total. The fourth-order valence-corrected chi connectivity index (χ4v) is 5.87. The largest absolute Gasteiger partial charge is 0.508 e. The third-order valence-electron chi connectivity index (χ3n) is 6.98. The molecule has 4 bridgehead atoms. The highest BCUT2D eigenvalue weighted by Gasteiger charge is 2.60. The number of aromatic hydroxyl groups is 1. The van der Waals surface area contributed by atoms with Gasteiger partial charge in [-0.25, -0.2) is 0 Å². The molecule has 5 rings (SSSR count). The number of hydrogen-bond donors (Lipinski definition) is 1. The van der Waals surface area contributed by atoms with Crippen molar-refractivity contribution in [3.05, 3.63) is 29.3 Å². The van der Waals surface area contributed by atoms with E-state index in [1.165, 1.54) is 11.1 Å². The predicted molar refractivity (Wildman–Crippen MR) is 86.0 cm³/mol. The van der Waals surface area contributed by atoms with Crippen molar-refractivity contribution >= 4 is 5.78 Å². The molecule has 1 aromatic carbocycles. The summed E-state index contributed by atoms with van der Waals surface area (Å²) in [6, 6.07) is 6.84. The van der Waals surface area contributed by atoms with E-state index < -0.39 is 0 Å². The summed E-state index contributed by atoms with van der Waals surface area (Å²) in [7, 11) is 2.21. The number of rotatable bonds is 2. The van der Waals surface area contributed by atoms with Crippen LogP contribution in [0.15, 0.2) is 18.2 Å². The number of phenolic OH excluding ortho intramolecular Hbond substituents is 1. The lowest BCUT2D eigenvalue weighted by atomic mass is 9.48. The third kappa shape index (κ3) is 1.63. The van der Waals surface area contributed by atoms with Gasteiger partial charge < -0.3 is 5.11 Å².